The van der Waals surface area contributed by atoms with E-state index in [1.807, 2.05) is 9.58 Å². The fraction of sp³-hybridized carbons (Fsp3) is 0.450. The number of aromatic nitrogens is 2. The summed E-state index contributed by atoms with van der Waals surface area (Å²) >= 11 is 0. The van der Waals surface area contributed by atoms with Gasteiger partial charge >= 0.3 is 5.97 Å². The van der Waals surface area contributed by atoms with Crippen LogP contribution in [0.3, 0.4) is 0 Å². The Morgan fingerprint density at radius 2 is 2.12 bits per heavy atom. The highest BCUT2D eigenvalue weighted by Crippen LogP contribution is 2.35. The number of hydrogen-bond donors (Lipinski definition) is 0. The van der Waals surface area contributed by atoms with Crippen molar-refractivity contribution >= 4 is 11.9 Å². The molecule has 1 unspecified atom stereocenters. The molecule has 2 aliphatic rings. The molecule has 0 spiro atoms. The van der Waals surface area contributed by atoms with E-state index in [4.69, 9.17) is 4.74 Å². The Hall–Kier alpha value is -2.63. The van der Waals surface area contributed by atoms with Crippen LogP contribution in [0.5, 0.6) is 0 Å². The molecule has 1 aliphatic heterocycles. The number of aryl methyl sites for hydroxylation is 2. The van der Waals surface area contributed by atoms with E-state index in [2.05, 4.69) is 29.4 Å². The summed E-state index contributed by atoms with van der Waals surface area (Å²) in [6.07, 6.45) is 3.49. The van der Waals surface area contributed by atoms with Crippen LogP contribution in [0.4, 0.5) is 0 Å². The van der Waals surface area contributed by atoms with Crippen molar-refractivity contribution in [3.05, 3.63) is 52.8 Å². The molecule has 0 N–H and O–H groups in total. The lowest BCUT2D eigenvalue weighted by atomic mass is 9.97. The summed E-state index contributed by atoms with van der Waals surface area (Å²) in [7, 11) is 1.35. The molecule has 0 radical (unpaired) electrons. The van der Waals surface area contributed by atoms with E-state index in [-0.39, 0.29) is 5.91 Å². The summed E-state index contributed by atoms with van der Waals surface area (Å²) in [6.45, 7) is 1.93. The van der Waals surface area contributed by atoms with Crippen molar-refractivity contribution in [2.45, 2.75) is 44.7 Å². The maximum Gasteiger partial charge on any atom is 0.358 e. The Labute approximate surface area is 152 Å². The molecule has 136 valence electrons. The molecule has 0 fully saturated rings. The zero-order valence-corrected chi connectivity index (χ0v) is 15.0. The van der Waals surface area contributed by atoms with Crippen LogP contribution in [-0.2, 0) is 29.0 Å². The average molecular weight is 353 g/mol. The molecule has 0 bridgehead atoms. The Kier molecular flexibility index (Phi) is 4.49. The molecule has 0 saturated heterocycles. The Morgan fingerprint density at radius 1 is 1.27 bits per heavy atom. The molecule has 26 heavy (non-hydrogen) atoms. The van der Waals surface area contributed by atoms with Gasteiger partial charge in [0.15, 0.2) is 5.69 Å². The number of fused-ring (bicyclic) bond motifs is 2. The van der Waals surface area contributed by atoms with Crippen molar-refractivity contribution in [2.24, 2.45) is 0 Å². The Morgan fingerprint density at radius 3 is 2.96 bits per heavy atom. The van der Waals surface area contributed by atoms with E-state index in [1.165, 1.54) is 18.2 Å². The molecular weight excluding hydrogens is 330 g/mol. The van der Waals surface area contributed by atoms with Crippen LogP contribution in [-0.4, -0.2) is 40.2 Å². The van der Waals surface area contributed by atoms with Crippen LogP contribution < -0.4 is 0 Å². The van der Waals surface area contributed by atoms with Gasteiger partial charge < -0.3 is 9.64 Å². The standard InChI is InChI=1S/C20H23N3O3/c1-26-20(25)18-12-16-13-22(9-4-10-23(16)21-18)19(24)11-15-8-7-14-5-2-3-6-17(14)15/h2-3,5-6,12,15H,4,7-11,13H2,1H3. The van der Waals surface area contributed by atoms with Crippen LogP contribution in [0.25, 0.3) is 0 Å². The first-order chi connectivity index (χ1) is 12.7. The summed E-state index contributed by atoms with van der Waals surface area (Å²) in [5.41, 5.74) is 3.90. The van der Waals surface area contributed by atoms with E-state index >= 15 is 0 Å². The first kappa shape index (κ1) is 16.8. The van der Waals surface area contributed by atoms with E-state index in [0.29, 0.717) is 31.1 Å². The van der Waals surface area contributed by atoms with Gasteiger partial charge in [0.1, 0.15) is 0 Å². The minimum Gasteiger partial charge on any atom is -0.464 e. The van der Waals surface area contributed by atoms with E-state index in [9.17, 15) is 9.59 Å². The molecule has 0 saturated carbocycles. The summed E-state index contributed by atoms with van der Waals surface area (Å²) in [6, 6.07) is 10.2. The minimum absolute atomic E-state index is 0.181. The molecule has 1 aliphatic carbocycles. The second-order valence-corrected chi connectivity index (χ2v) is 7.04. The number of rotatable bonds is 3. The van der Waals surface area contributed by atoms with Crippen LogP contribution in [0.15, 0.2) is 30.3 Å². The summed E-state index contributed by atoms with van der Waals surface area (Å²) in [5, 5.41) is 4.31. The smallest absolute Gasteiger partial charge is 0.358 e. The highest BCUT2D eigenvalue weighted by atomic mass is 16.5. The molecule has 6 heteroatoms. The second-order valence-electron chi connectivity index (χ2n) is 7.04. The van der Waals surface area contributed by atoms with E-state index < -0.39 is 5.97 Å². The van der Waals surface area contributed by atoms with Gasteiger partial charge in [-0.1, -0.05) is 24.3 Å². The number of benzene rings is 1. The van der Waals surface area contributed by atoms with Crippen molar-refractivity contribution in [1.29, 1.82) is 0 Å². The fourth-order valence-electron chi connectivity index (χ4n) is 4.08. The third-order valence-electron chi connectivity index (χ3n) is 5.44. The predicted octanol–water partition coefficient (Wildman–Crippen LogP) is 2.52. The van der Waals surface area contributed by atoms with Crippen LogP contribution in [0.1, 0.15) is 52.5 Å². The van der Waals surface area contributed by atoms with Crippen LogP contribution >= 0.6 is 0 Å². The number of ether oxygens (including phenoxy) is 1. The third kappa shape index (κ3) is 3.11. The maximum absolute atomic E-state index is 12.9. The molecule has 4 rings (SSSR count). The van der Waals surface area contributed by atoms with Gasteiger partial charge in [0, 0.05) is 19.5 Å². The van der Waals surface area contributed by atoms with Crippen molar-refractivity contribution in [3.63, 3.8) is 0 Å². The zero-order chi connectivity index (χ0) is 18.1. The SMILES string of the molecule is COC(=O)c1cc2n(n1)CCCN(C(=O)CC1CCc3ccccc31)C2. The number of nitrogens with zero attached hydrogens (tertiary/aromatic N) is 3. The van der Waals surface area contributed by atoms with Crippen LogP contribution in [0, 0.1) is 0 Å². The monoisotopic (exact) mass is 353 g/mol. The van der Waals surface area contributed by atoms with Gasteiger partial charge in [-0.25, -0.2) is 4.79 Å². The topological polar surface area (TPSA) is 64.4 Å². The molecule has 1 atom stereocenters. The lowest BCUT2D eigenvalue weighted by Gasteiger charge is -2.22. The first-order valence-corrected chi connectivity index (χ1v) is 9.16. The number of methoxy groups -OCH3 is 1. The molecule has 1 aromatic carbocycles. The molecule has 1 amide bonds. The highest BCUT2D eigenvalue weighted by molar-refractivity contribution is 5.87. The fourth-order valence-corrected chi connectivity index (χ4v) is 4.08. The lowest BCUT2D eigenvalue weighted by molar-refractivity contribution is -0.132. The van der Waals surface area contributed by atoms with Gasteiger partial charge in [0.05, 0.1) is 19.3 Å². The minimum atomic E-state index is -0.439. The second kappa shape index (κ2) is 6.94. The number of amides is 1. The quantitative estimate of drug-likeness (QED) is 0.796. The van der Waals surface area contributed by atoms with Gasteiger partial charge in [-0.3, -0.25) is 9.48 Å². The van der Waals surface area contributed by atoms with Gasteiger partial charge in [-0.15, -0.1) is 0 Å². The average Bonchev–Trinajstić information content (AvgIpc) is 3.19. The Bertz CT molecular complexity index is 843. The number of carbonyl (C=O) groups is 2. The third-order valence-corrected chi connectivity index (χ3v) is 5.44. The van der Waals surface area contributed by atoms with Gasteiger partial charge in [0.2, 0.25) is 5.91 Å². The summed E-state index contributed by atoms with van der Waals surface area (Å²) in [4.78, 5) is 26.5. The first-order valence-electron chi connectivity index (χ1n) is 9.16. The molecular formula is C20H23N3O3. The number of esters is 1. The number of hydrogen-bond acceptors (Lipinski definition) is 4. The number of carbonyl (C=O) groups excluding carboxylic acids is 2. The largest absolute Gasteiger partial charge is 0.464 e. The predicted molar refractivity (Wildman–Crippen MR) is 95.7 cm³/mol. The normalized spacial score (nSPS) is 18.8. The van der Waals surface area contributed by atoms with E-state index in [1.54, 1.807) is 6.07 Å². The van der Waals surface area contributed by atoms with Gasteiger partial charge in [-0.05, 0) is 42.4 Å². The van der Waals surface area contributed by atoms with E-state index in [0.717, 1.165) is 31.5 Å². The Balaban J connectivity index is 1.47. The van der Waals surface area contributed by atoms with Crippen molar-refractivity contribution in [2.75, 3.05) is 13.7 Å². The summed E-state index contributed by atoms with van der Waals surface area (Å²) in [5.74, 6) is 0.0597. The van der Waals surface area contributed by atoms with Crippen molar-refractivity contribution < 1.29 is 14.3 Å². The van der Waals surface area contributed by atoms with Crippen molar-refractivity contribution in [1.82, 2.24) is 14.7 Å². The highest BCUT2D eigenvalue weighted by Gasteiger charge is 2.28. The zero-order valence-electron chi connectivity index (χ0n) is 15.0. The summed E-state index contributed by atoms with van der Waals surface area (Å²) < 4.78 is 6.57. The van der Waals surface area contributed by atoms with Crippen LogP contribution in [0.2, 0.25) is 0 Å². The van der Waals surface area contributed by atoms with Gasteiger partial charge in [-0.2, -0.15) is 5.10 Å². The molecule has 2 aromatic rings. The molecule has 6 nitrogen and oxygen atoms in total. The molecule has 1 aromatic heterocycles. The maximum atomic E-state index is 12.9. The van der Waals surface area contributed by atoms with Crippen molar-refractivity contribution in [3.8, 4) is 0 Å². The molecule has 2 heterocycles. The van der Waals surface area contributed by atoms with Gasteiger partial charge in [0.25, 0.3) is 0 Å². The lowest BCUT2D eigenvalue weighted by Crippen LogP contribution is -2.31.